The van der Waals surface area contributed by atoms with E-state index in [1.807, 2.05) is 0 Å². The maximum absolute atomic E-state index is 8.58. The zero-order valence-corrected chi connectivity index (χ0v) is 13.3. The highest BCUT2D eigenvalue weighted by atomic mass is 35.5. The lowest BCUT2D eigenvalue weighted by atomic mass is 10.2. The summed E-state index contributed by atoms with van der Waals surface area (Å²) in [5.74, 6) is 0.645. The van der Waals surface area contributed by atoms with Gasteiger partial charge in [-0.1, -0.05) is 29.3 Å². The monoisotopic (exact) mass is 344 g/mol. The quantitative estimate of drug-likeness (QED) is 0.644. The van der Waals surface area contributed by atoms with Gasteiger partial charge >= 0.3 is 0 Å². The van der Waals surface area contributed by atoms with E-state index in [0.29, 0.717) is 28.1 Å². The molecule has 0 bridgehead atoms. The first-order chi connectivity index (χ1) is 11.1. The van der Waals surface area contributed by atoms with Crippen LogP contribution < -0.4 is 10.2 Å². The molecular formula is C16H10Cl2N4O. The van der Waals surface area contributed by atoms with E-state index in [0.717, 1.165) is 5.56 Å². The number of halogens is 2. The molecule has 0 aliphatic heterocycles. The molecule has 23 heavy (non-hydrogen) atoms. The fourth-order valence-corrected chi connectivity index (χ4v) is 2.08. The van der Waals surface area contributed by atoms with Crippen molar-refractivity contribution in [3.63, 3.8) is 0 Å². The van der Waals surface area contributed by atoms with Gasteiger partial charge in [0.1, 0.15) is 24.5 Å². The highest BCUT2D eigenvalue weighted by molar-refractivity contribution is 6.35. The minimum Gasteiger partial charge on any atom is -0.489 e. The molecule has 2 aromatic carbocycles. The molecule has 2 aromatic rings. The maximum Gasteiger partial charge on any atom is 0.237 e. The third kappa shape index (κ3) is 4.89. The highest BCUT2D eigenvalue weighted by Gasteiger charge is 2.03. The van der Waals surface area contributed by atoms with Crippen LogP contribution in [0.2, 0.25) is 10.0 Å². The van der Waals surface area contributed by atoms with E-state index in [-0.39, 0.29) is 5.71 Å². The van der Waals surface area contributed by atoms with Gasteiger partial charge in [-0.15, -0.1) is 0 Å². The van der Waals surface area contributed by atoms with Gasteiger partial charge in [-0.2, -0.15) is 15.6 Å². The average Bonchev–Trinajstić information content (AvgIpc) is 2.56. The van der Waals surface area contributed by atoms with Crippen molar-refractivity contribution in [2.75, 3.05) is 5.43 Å². The molecule has 0 unspecified atom stereocenters. The second-order valence-electron chi connectivity index (χ2n) is 4.34. The largest absolute Gasteiger partial charge is 0.489 e. The summed E-state index contributed by atoms with van der Waals surface area (Å²) < 4.78 is 5.64. The first-order valence-electron chi connectivity index (χ1n) is 6.43. The van der Waals surface area contributed by atoms with Crippen LogP contribution in [-0.4, -0.2) is 5.71 Å². The number of hydrazone groups is 1. The van der Waals surface area contributed by atoms with Crippen molar-refractivity contribution >= 4 is 34.6 Å². The van der Waals surface area contributed by atoms with Crippen molar-refractivity contribution in [1.82, 2.24) is 0 Å². The average molecular weight is 345 g/mol. The summed E-state index contributed by atoms with van der Waals surface area (Å²) in [5, 5.41) is 21.9. The van der Waals surface area contributed by atoms with Crippen LogP contribution in [0.1, 0.15) is 5.56 Å². The van der Waals surface area contributed by atoms with E-state index in [9.17, 15) is 0 Å². The lowest BCUT2D eigenvalue weighted by Crippen LogP contribution is -1.98. The van der Waals surface area contributed by atoms with E-state index in [1.165, 1.54) is 0 Å². The molecule has 0 spiro atoms. The number of hydrogen-bond donors (Lipinski definition) is 1. The van der Waals surface area contributed by atoms with Crippen molar-refractivity contribution in [1.29, 1.82) is 10.5 Å². The summed E-state index contributed by atoms with van der Waals surface area (Å²) in [7, 11) is 0. The molecule has 0 saturated carbocycles. The second kappa shape index (κ2) is 8.05. The molecule has 0 heterocycles. The third-order valence-corrected chi connectivity index (χ3v) is 3.36. The molecule has 2 rings (SSSR count). The Morgan fingerprint density at radius 1 is 1.09 bits per heavy atom. The highest BCUT2D eigenvalue weighted by Crippen LogP contribution is 2.23. The molecule has 1 N–H and O–H groups in total. The zero-order chi connectivity index (χ0) is 16.7. The smallest absolute Gasteiger partial charge is 0.237 e. The number of nitrogens with one attached hydrogen (secondary N) is 1. The van der Waals surface area contributed by atoms with Crippen LogP contribution in [0, 0.1) is 22.7 Å². The minimum atomic E-state index is -0.247. The van der Waals surface area contributed by atoms with Gasteiger partial charge in [-0.25, -0.2) is 0 Å². The van der Waals surface area contributed by atoms with Gasteiger partial charge in [-0.05, 0) is 36.4 Å². The summed E-state index contributed by atoms with van der Waals surface area (Å²) in [4.78, 5) is 0. The van der Waals surface area contributed by atoms with Gasteiger partial charge in [0.15, 0.2) is 0 Å². The lowest BCUT2D eigenvalue weighted by Gasteiger charge is -2.08. The Morgan fingerprint density at radius 2 is 1.78 bits per heavy atom. The fourth-order valence-electron chi connectivity index (χ4n) is 1.62. The summed E-state index contributed by atoms with van der Waals surface area (Å²) >= 11 is 11.9. The minimum absolute atomic E-state index is 0.247. The lowest BCUT2D eigenvalue weighted by molar-refractivity contribution is 0.306. The Morgan fingerprint density at radius 3 is 2.39 bits per heavy atom. The molecular weight excluding hydrogens is 335 g/mol. The number of hydrogen-bond acceptors (Lipinski definition) is 5. The predicted octanol–water partition coefficient (Wildman–Crippen LogP) is 4.39. The topological polar surface area (TPSA) is 81.2 Å². The Kier molecular flexibility index (Phi) is 5.82. The van der Waals surface area contributed by atoms with E-state index in [2.05, 4.69) is 10.5 Å². The van der Waals surface area contributed by atoms with Crippen molar-refractivity contribution in [3.05, 3.63) is 58.1 Å². The Labute approximate surface area is 143 Å². The third-order valence-electron chi connectivity index (χ3n) is 2.77. The molecule has 0 aliphatic carbocycles. The molecule has 0 aromatic heterocycles. The van der Waals surface area contributed by atoms with Crippen LogP contribution in [0.4, 0.5) is 5.69 Å². The van der Waals surface area contributed by atoms with Crippen LogP contribution in [0.15, 0.2) is 47.6 Å². The first kappa shape index (κ1) is 16.6. The van der Waals surface area contributed by atoms with Crippen LogP contribution in [0.5, 0.6) is 5.75 Å². The van der Waals surface area contributed by atoms with Crippen LogP contribution >= 0.6 is 23.2 Å². The zero-order valence-electron chi connectivity index (χ0n) is 11.8. The molecule has 5 nitrogen and oxygen atoms in total. The van der Waals surface area contributed by atoms with Gasteiger partial charge in [0.05, 0.1) is 5.69 Å². The van der Waals surface area contributed by atoms with Gasteiger partial charge in [-0.3, -0.25) is 5.43 Å². The maximum atomic E-state index is 8.58. The SMILES string of the molecule is N#CC(C#N)=NNc1ccc(OCc2ccc(Cl)cc2Cl)cc1. The molecule has 0 fully saturated rings. The van der Waals surface area contributed by atoms with Crippen molar-refractivity contribution < 1.29 is 4.74 Å². The van der Waals surface area contributed by atoms with E-state index in [1.54, 1.807) is 54.6 Å². The van der Waals surface area contributed by atoms with Crippen molar-refractivity contribution in [3.8, 4) is 17.9 Å². The summed E-state index contributed by atoms with van der Waals surface area (Å²) in [6, 6.07) is 15.4. The Bertz CT molecular complexity index is 788. The summed E-state index contributed by atoms with van der Waals surface area (Å²) in [5.41, 5.74) is 3.83. The fraction of sp³-hybridized carbons (Fsp3) is 0.0625. The molecule has 0 aliphatic rings. The Hall–Kier alpha value is -2.73. The van der Waals surface area contributed by atoms with E-state index >= 15 is 0 Å². The number of nitriles is 2. The van der Waals surface area contributed by atoms with Gasteiger partial charge in [0.2, 0.25) is 5.71 Å². The normalized spacial score (nSPS) is 9.39. The predicted molar refractivity (Wildman–Crippen MR) is 89.5 cm³/mol. The number of nitrogens with zero attached hydrogens (tertiary/aromatic N) is 3. The molecule has 0 saturated heterocycles. The molecule has 7 heteroatoms. The standard InChI is InChI=1S/C16H10Cl2N4O/c17-12-2-1-11(16(18)7-12)10-23-15-5-3-13(4-6-15)21-22-14(8-19)9-20/h1-7,21H,10H2. The van der Waals surface area contributed by atoms with E-state index in [4.69, 9.17) is 38.5 Å². The van der Waals surface area contributed by atoms with Crippen LogP contribution in [-0.2, 0) is 6.61 Å². The van der Waals surface area contributed by atoms with Crippen molar-refractivity contribution in [2.45, 2.75) is 6.61 Å². The molecule has 0 atom stereocenters. The molecule has 0 amide bonds. The van der Waals surface area contributed by atoms with Crippen molar-refractivity contribution in [2.24, 2.45) is 5.10 Å². The van der Waals surface area contributed by atoms with Gasteiger partial charge in [0.25, 0.3) is 0 Å². The Balaban J connectivity index is 1.97. The van der Waals surface area contributed by atoms with Crippen LogP contribution in [0.25, 0.3) is 0 Å². The number of anilines is 1. The second-order valence-corrected chi connectivity index (χ2v) is 5.19. The summed E-state index contributed by atoms with van der Waals surface area (Å²) in [6.45, 7) is 0.313. The van der Waals surface area contributed by atoms with E-state index < -0.39 is 0 Å². The number of benzene rings is 2. The molecule has 114 valence electrons. The van der Waals surface area contributed by atoms with Crippen LogP contribution in [0.3, 0.4) is 0 Å². The first-order valence-corrected chi connectivity index (χ1v) is 7.18. The van der Waals surface area contributed by atoms with Gasteiger partial charge < -0.3 is 4.74 Å². The summed E-state index contributed by atoms with van der Waals surface area (Å²) in [6.07, 6.45) is 0. The number of rotatable bonds is 5. The number of ether oxygens (including phenoxy) is 1. The van der Waals surface area contributed by atoms with Gasteiger partial charge in [0, 0.05) is 15.6 Å². The molecule has 0 radical (unpaired) electrons.